The number of amides is 4. The van der Waals surface area contributed by atoms with Crippen molar-refractivity contribution in [2.24, 2.45) is 10.7 Å². The molecule has 12 nitrogen and oxygen atoms in total. The van der Waals surface area contributed by atoms with Gasteiger partial charge in [-0.1, -0.05) is 0 Å². The van der Waals surface area contributed by atoms with Gasteiger partial charge in [0.2, 0.25) is 0 Å². The number of imide groups is 1. The first-order valence-corrected chi connectivity index (χ1v) is 9.83. The van der Waals surface area contributed by atoms with E-state index < -0.39 is 47.5 Å². The highest BCUT2D eigenvalue weighted by Gasteiger charge is 2.45. The molecule has 0 aromatic rings. The molecule has 12 heteroatoms. The molecule has 4 amide bonds. The fourth-order valence-corrected chi connectivity index (χ4v) is 2.72. The van der Waals surface area contributed by atoms with Crippen LogP contribution in [-0.4, -0.2) is 72.0 Å². The number of carbonyl (C=O) groups is 4. The van der Waals surface area contributed by atoms with E-state index in [-0.39, 0.29) is 25.3 Å². The summed E-state index contributed by atoms with van der Waals surface area (Å²) in [7, 11) is 1.18. The largest absolute Gasteiger partial charge is 0.453 e. The van der Waals surface area contributed by atoms with Crippen LogP contribution in [0, 0.1) is 0 Å². The summed E-state index contributed by atoms with van der Waals surface area (Å²) in [4.78, 5) is 53.7. The predicted molar refractivity (Wildman–Crippen MR) is 111 cm³/mol. The number of hydrogen-bond acceptors (Lipinski definition) is 8. The van der Waals surface area contributed by atoms with Crippen LogP contribution in [0.1, 0.15) is 54.4 Å². The average Bonchev–Trinajstić information content (AvgIpc) is 2.87. The van der Waals surface area contributed by atoms with Crippen LogP contribution >= 0.6 is 0 Å². The molecule has 2 atom stereocenters. The highest BCUT2D eigenvalue weighted by atomic mass is 16.6. The van der Waals surface area contributed by atoms with Crippen molar-refractivity contribution in [2.45, 2.75) is 77.7 Å². The lowest BCUT2D eigenvalue weighted by molar-refractivity contribution is -0.129. The summed E-state index contributed by atoms with van der Waals surface area (Å²) in [5.74, 6) is -0.766. The van der Waals surface area contributed by atoms with Gasteiger partial charge < -0.3 is 25.3 Å². The molecule has 0 aromatic heterocycles. The minimum atomic E-state index is -0.957. The fraction of sp³-hybridized carbons (Fsp3) is 0.737. The molecule has 4 N–H and O–H groups in total. The zero-order valence-corrected chi connectivity index (χ0v) is 19.1. The van der Waals surface area contributed by atoms with Gasteiger partial charge in [0.05, 0.1) is 7.11 Å². The molecule has 1 heterocycles. The highest BCUT2D eigenvalue weighted by Crippen LogP contribution is 2.25. The quantitative estimate of drug-likeness (QED) is 0.334. The third-order valence-electron chi connectivity index (χ3n) is 3.85. The maximum atomic E-state index is 12.8. The van der Waals surface area contributed by atoms with Crippen LogP contribution in [0.25, 0.3) is 0 Å². The van der Waals surface area contributed by atoms with Gasteiger partial charge in [-0.2, -0.15) is 0 Å². The molecule has 0 bridgehead atoms. The number of rotatable bonds is 4. The molecule has 0 aliphatic carbocycles. The number of nitrogens with one attached hydrogen (secondary N) is 2. The third kappa shape index (κ3) is 9.09. The van der Waals surface area contributed by atoms with E-state index in [0.29, 0.717) is 0 Å². The van der Waals surface area contributed by atoms with Gasteiger partial charge >= 0.3 is 18.3 Å². The highest BCUT2D eigenvalue weighted by molar-refractivity contribution is 5.99. The Morgan fingerprint density at radius 1 is 1.10 bits per heavy atom. The van der Waals surface area contributed by atoms with Crippen LogP contribution in [0.5, 0.6) is 0 Å². The number of guanidine groups is 1. The number of likely N-dealkylation sites (tertiary alicyclic amines) is 1. The molecule has 176 valence electrons. The number of aliphatic imine (C=N–C) groups is 1. The van der Waals surface area contributed by atoms with Gasteiger partial charge in [0, 0.05) is 12.6 Å². The number of ether oxygens (including phenoxy) is 3. The van der Waals surface area contributed by atoms with E-state index in [1.165, 1.54) is 7.11 Å². The van der Waals surface area contributed by atoms with Crippen LogP contribution in [0.3, 0.4) is 0 Å². The second-order valence-electron chi connectivity index (χ2n) is 8.95. The lowest BCUT2D eigenvalue weighted by atomic mass is 10.1. The lowest BCUT2D eigenvalue weighted by Crippen LogP contribution is -2.47. The fourth-order valence-electron chi connectivity index (χ4n) is 2.72. The SMILES string of the molecule is COC(=O)NC(N)=NCC[C@H]1C[C@H](NC(=O)OC(C)(C)C)C(=O)N1C(=O)OC(C)(C)C. The topological polar surface area (TPSA) is 162 Å². The van der Waals surface area contributed by atoms with Crippen LogP contribution in [0.2, 0.25) is 0 Å². The maximum absolute atomic E-state index is 12.8. The van der Waals surface area contributed by atoms with Gasteiger partial charge in [0.15, 0.2) is 5.96 Å². The Morgan fingerprint density at radius 2 is 1.68 bits per heavy atom. The van der Waals surface area contributed by atoms with E-state index in [1.54, 1.807) is 41.5 Å². The number of hydrogen-bond donors (Lipinski definition) is 3. The van der Waals surface area contributed by atoms with Crippen LogP contribution < -0.4 is 16.4 Å². The Labute approximate surface area is 181 Å². The van der Waals surface area contributed by atoms with Crippen molar-refractivity contribution >= 4 is 30.1 Å². The standard InChI is InChI=1S/C19H33N5O7/c1-18(2,3)30-16(27)22-12-10-11(8-9-21-14(20)23-15(26)29-7)24(13(12)25)17(28)31-19(4,5)6/h11-12H,8-10H2,1-7H3,(H,22,27)(H3,20,21,23,26)/t11-,12-/m0/s1. The molecule has 1 rings (SSSR count). The Kier molecular flexibility index (Phi) is 8.64. The summed E-state index contributed by atoms with van der Waals surface area (Å²) in [6, 6.07) is -1.56. The normalized spacial score (nSPS) is 19.6. The van der Waals surface area contributed by atoms with Crippen molar-refractivity contribution in [1.29, 1.82) is 0 Å². The Morgan fingerprint density at radius 3 is 2.19 bits per heavy atom. The molecule has 0 unspecified atom stereocenters. The number of nitrogens with two attached hydrogens (primary N) is 1. The van der Waals surface area contributed by atoms with E-state index in [1.807, 2.05) is 0 Å². The molecule has 31 heavy (non-hydrogen) atoms. The number of alkyl carbamates (subject to hydrolysis) is 2. The molecule has 1 saturated heterocycles. The van der Waals surface area contributed by atoms with Gasteiger partial charge in [0.25, 0.3) is 5.91 Å². The van der Waals surface area contributed by atoms with E-state index in [0.717, 1.165) is 4.90 Å². The van der Waals surface area contributed by atoms with Crippen LogP contribution in [0.4, 0.5) is 14.4 Å². The Balaban J connectivity index is 2.91. The first kappa shape index (κ1) is 26.0. The van der Waals surface area contributed by atoms with E-state index >= 15 is 0 Å². The molecule has 0 saturated carbocycles. The van der Waals surface area contributed by atoms with Crippen molar-refractivity contribution in [3.05, 3.63) is 0 Å². The van der Waals surface area contributed by atoms with Gasteiger partial charge in [-0.05, 0) is 54.4 Å². The van der Waals surface area contributed by atoms with E-state index in [2.05, 4.69) is 20.4 Å². The monoisotopic (exact) mass is 443 g/mol. The zero-order chi connectivity index (χ0) is 24.0. The van der Waals surface area contributed by atoms with Gasteiger partial charge in [0.1, 0.15) is 17.2 Å². The first-order chi connectivity index (χ1) is 14.1. The number of methoxy groups -OCH3 is 1. The smallest absolute Gasteiger partial charge is 0.417 e. The summed E-state index contributed by atoms with van der Waals surface area (Å²) in [5.41, 5.74) is 4.03. The minimum Gasteiger partial charge on any atom is -0.453 e. The van der Waals surface area contributed by atoms with Crippen molar-refractivity contribution in [3.63, 3.8) is 0 Å². The average molecular weight is 444 g/mol. The van der Waals surface area contributed by atoms with Gasteiger partial charge in [-0.25, -0.2) is 19.3 Å². The number of carbonyl (C=O) groups excluding carboxylic acids is 4. The molecular formula is C19H33N5O7. The van der Waals surface area contributed by atoms with Crippen LogP contribution in [0.15, 0.2) is 4.99 Å². The van der Waals surface area contributed by atoms with Crippen molar-refractivity contribution in [2.75, 3.05) is 13.7 Å². The van der Waals surface area contributed by atoms with Crippen molar-refractivity contribution in [3.8, 4) is 0 Å². The molecule has 0 radical (unpaired) electrons. The second kappa shape index (κ2) is 10.3. The molecule has 0 spiro atoms. The Hall–Kier alpha value is -3.05. The zero-order valence-electron chi connectivity index (χ0n) is 19.1. The number of nitrogens with zero attached hydrogens (tertiary/aromatic N) is 2. The van der Waals surface area contributed by atoms with E-state index in [4.69, 9.17) is 15.2 Å². The maximum Gasteiger partial charge on any atom is 0.417 e. The molecule has 1 aliphatic rings. The predicted octanol–water partition coefficient (Wildman–Crippen LogP) is 1.48. The first-order valence-electron chi connectivity index (χ1n) is 9.83. The summed E-state index contributed by atoms with van der Waals surface area (Å²) < 4.78 is 14.9. The van der Waals surface area contributed by atoms with Crippen LogP contribution in [-0.2, 0) is 19.0 Å². The molecule has 0 aromatic carbocycles. The van der Waals surface area contributed by atoms with Crippen molar-refractivity contribution in [1.82, 2.24) is 15.5 Å². The summed E-state index contributed by atoms with van der Waals surface area (Å²) >= 11 is 0. The van der Waals surface area contributed by atoms with E-state index in [9.17, 15) is 19.2 Å². The van der Waals surface area contributed by atoms with Crippen molar-refractivity contribution < 1.29 is 33.4 Å². The summed E-state index contributed by atoms with van der Waals surface area (Å²) in [5, 5.41) is 4.71. The summed E-state index contributed by atoms with van der Waals surface area (Å²) in [6.07, 6.45) is -1.96. The molecular weight excluding hydrogens is 410 g/mol. The minimum absolute atomic E-state index is 0.103. The Bertz CT molecular complexity index is 724. The third-order valence-corrected chi connectivity index (χ3v) is 3.85. The lowest BCUT2D eigenvalue weighted by Gasteiger charge is -2.27. The van der Waals surface area contributed by atoms with Gasteiger partial charge in [-0.3, -0.25) is 15.1 Å². The summed E-state index contributed by atoms with van der Waals surface area (Å²) in [6.45, 7) is 10.2. The van der Waals surface area contributed by atoms with Gasteiger partial charge in [-0.15, -0.1) is 0 Å². The second-order valence-corrected chi connectivity index (χ2v) is 8.95. The molecule has 1 fully saturated rings. The molecule has 1 aliphatic heterocycles.